The Bertz CT molecular complexity index is 1220. The summed E-state index contributed by atoms with van der Waals surface area (Å²) in [6.45, 7) is 2.43. The van der Waals surface area contributed by atoms with Crippen molar-refractivity contribution in [2.75, 3.05) is 19.1 Å². The lowest BCUT2D eigenvalue weighted by Crippen LogP contribution is -2.18. The summed E-state index contributed by atoms with van der Waals surface area (Å²) in [5.74, 6) is 0.580. The molecule has 31 heavy (non-hydrogen) atoms. The van der Waals surface area contributed by atoms with E-state index in [0.717, 1.165) is 29.1 Å². The average molecular weight is 427 g/mol. The van der Waals surface area contributed by atoms with E-state index in [2.05, 4.69) is 15.0 Å². The van der Waals surface area contributed by atoms with Gasteiger partial charge in [-0.3, -0.25) is 9.38 Å². The lowest BCUT2D eigenvalue weighted by Gasteiger charge is -2.19. The number of benzene rings is 1. The molecule has 0 spiro atoms. The van der Waals surface area contributed by atoms with Crippen LogP contribution in [0.15, 0.2) is 55.1 Å². The first-order chi connectivity index (χ1) is 14.8. The van der Waals surface area contributed by atoms with E-state index >= 15 is 0 Å². The third kappa shape index (κ3) is 4.16. The topological polar surface area (TPSA) is 55.5 Å². The van der Waals surface area contributed by atoms with Gasteiger partial charge >= 0.3 is 6.18 Å². The smallest absolute Gasteiger partial charge is 0.416 e. The molecule has 0 atom stereocenters. The van der Waals surface area contributed by atoms with Crippen molar-refractivity contribution in [3.63, 3.8) is 0 Å². The van der Waals surface area contributed by atoms with Crippen LogP contribution in [-0.4, -0.2) is 33.5 Å². The van der Waals surface area contributed by atoms with Crippen LogP contribution in [0.2, 0.25) is 0 Å². The van der Waals surface area contributed by atoms with Crippen LogP contribution in [0.3, 0.4) is 0 Å². The zero-order valence-corrected chi connectivity index (χ0v) is 17.2. The predicted molar refractivity (Wildman–Crippen MR) is 111 cm³/mol. The lowest BCUT2D eigenvalue weighted by molar-refractivity contribution is -0.137. The van der Waals surface area contributed by atoms with Gasteiger partial charge in [-0.05, 0) is 25.1 Å². The van der Waals surface area contributed by atoms with Crippen LogP contribution in [0, 0.1) is 6.92 Å². The summed E-state index contributed by atoms with van der Waals surface area (Å²) in [6, 6.07) is 7.02. The zero-order chi connectivity index (χ0) is 22.2. The fourth-order valence-electron chi connectivity index (χ4n) is 3.36. The number of rotatable bonds is 5. The normalized spacial score (nSPS) is 11.7. The maximum Gasteiger partial charge on any atom is 0.416 e. The summed E-state index contributed by atoms with van der Waals surface area (Å²) in [7, 11) is 3.51. The highest BCUT2D eigenvalue weighted by Crippen LogP contribution is 2.31. The first-order valence-corrected chi connectivity index (χ1v) is 9.47. The molecule has 9 heteroatoms. The molecule has 0 saturated heterocycles. The Balaban J connectivity index is 1.62. The third-order valence-corrected chi connectivity index (χ3v) is 5.01. The van der Waals surface area contributed by atoms with Crippen LogP contribution in [0.1, 0.15) is 16.8 Å². The van der Waals surface area contributed by atoms with Gasteiger partial charge in [0.25, 0.3) is 0 Å². The van der Waals surface area contributed by atoms with Crippen LogP contribution in [0.4, 0.5) is 18.9 Å². The Hall–Kier alpha value is -3.62. The van der Waals surface area contributed by atoms with Crippen molar-refractivity contribution >= 4 is 11.3 Å². The second-order valence-corrected chi connectivity index (χ2v) is 7.20. The third-order valence-electron chi connectivity index (χ3n) is 5.01. The Morgan fingerprint density at radius 1 is 1.03 bits per heavy atom. The molecular formula is C22H20F3N5O. The fraction of sp³-hybridized carbons (Fsp3) is 0.227. The van der Waals surface area contributed by atoms with Crippen molar-refractivity contribution < 1.29 is 17.9 Å². The van der Waals surface area contributed by atoms with E-state index in [4.69, 9.17) is 4.74 Å². The molecule has 3 heterocycles. The molecule has 4 aromatic rings. The van der Waals surface area contributed by atoms with Crippen molar-refractivity contribution in [3.05, 3.63) is 71.9 Å². The number of hydrogen-bond acceptors (Lipinski definition) is 5. The number of nitrogens with zero attached hydrogens (tertiary/aromatic N) is 5. The van der Waals surface area contributed by atoms with Crippen molar-refractivity contribution in [2.24, 2.45) is 0 Å². The maximum atomic E-state index is 12.9. The summed E-state index contributed by atoms with van der Waals surface area (Å²) in [5, 5.41) is 0. The summed E-state index contributed by atoms with van der Waals surface area (Å²) in [5.41, 5.74) is 3.87. The molecule has 4 rings (SSSR count). The van der Waals surface area contributed by atoms with Gasteiger partial charge in [-0.25, -0.2) is 9.97 Å². The van der Waals surface area contributed by atoms with Crippen LogP contribution in [0.25, 0.3) is 16.9 Å². The first kappa shape index (κ1) is 20.6. The minimum absolute atomic E-state index is 0.508. The number of methoxy groups -OCH3 is 1. The largest absolute Gasteiger partial charge is 0.481 e. The number of imidazole rings is 1. The van der Waals surface area contributed by atoms with Gasteiger partial charge in [-0.2, -0.15) is 13.2 Å². The molecule has 0 fully saturated rings. The number of halogens is 3. The molecule has 0 amide bonds. The summed E-state index contributed by atoms with van der Waals surface area (Å²) >= 11 is 0. The number of ether oxygens (including phenoxy) is 1. The molecule has 6 nitrogen and oxygen atoms in total. The van der Waals surface area contributed by atoms with Gasteiger partial charge in [0.1, 0.15) is 0 Å². The number of aryl methyl sites for hydroxylation is 1. The molecule has 160 valence electrons. The van der Waals surface area contributed by atoms with Crippen LogP contribution >= 0.6 is 0 Å². The van der Waals surface area contributed by atoms with E-state index in [0.29, 0.717) is 29.3 Å². The van der Waals surface area contributed by atoms with Crippen molar-refractivity contribution in [3.8, 4) is 17.1 Å². The number of hydrogen-bond donors (Lipinski definition) is 0. The number of aromatic nitrogens is 4. The van der Waals surface area contributed by atoms with E-state index in [-0.39, 0.29) is 0 Å². The van der Waals surface area contributed by atoms with Crippen molar-refractivity contribution in [1.82, 2.24) is 19.4 Å². The summed E-state index contributed by atoms with van der Waals surface area (Å²) < 4.78 is 45.6. The SMILES string of the molecule is COc1ncc(N(C)Cc2cn3c(-c4ccc(C(F)(F)F)cc4)cnc3cn2)cc1C. The molecule has 0 unspecified atom stereocenters. The van der Waals surface area contributed by atoms with E-state index in [1.165, 1.54) is 12.1 Å². The Labute approximate surface area is 177 Å². The monoisotopic (exact) mass is 427 g/mol. The maximum absolute atomic E-state index is 12.9. The number of anilines is 1. The van der Waals surface area contributed by atoms with Gasteiger partial charge in [0.2, 0.25) is 5.88 Å². The molecule has 0 N–H and O–H groups in total. The van der Waals surface area contributed by atoms with Gasteiger partial charge in [0.15, 0.2) is 5.65 Å². The molecule has 1 aromatic carbocycles. The fourth-order valence-corrected chi connectivity index (χ4v) is 3.36. The van der Waals surface area contributed by atoms with E-state index in [9.17, 15) is 13.2 Å². The quantitative estimate of drug-likeness (QED) is 0.460. The highest BCUT2D eigenvalue weighted by Gasteiger charge is 2.30. The van der Waals surface area contributed by atoms with Crippen LogP contribution < -0.4 is 9.64 Å². The molecule has 3 aromatic heterocycles. The van der Waals surface area contributed by atoms with Crippen LogP contribution in [0.5, 0.6) is 5.88 Å². The minimum atomic E-state index is -4.37. The molecular weight excluding hydrogens is 407 g/mol. The number of alkyl halides is 3. The second kappa shape index (κ2) is 7.90. The molecule has 0 aliphatic rings. The Morgan fingerprint density at radius 2 is 1.77 bits per heavy atom. The van der Waals surface area contributed by atoms with Gasteiger partial charge in [0.05, 0.1) is 54.9 Å². The zero-order valence-electron chi connectivity index (χ0n) is 17.2. The minimum Gasteiger partial charge on any atom is -0.481 e. The van der Waals surface area contributed by atoms with Gasteiger partial charge in [-0.1, -0.05) is 12.1 Å². The van der Waals surface area contributed by atoms with Crippen molar-refractivity contribution in [1.29, 1.82) is 0 Å². The highest BCUT2D eigenvalue weighted by atomic mass is 19.4. The summed E-state index contributed by atoms with van der Waals surface area (Å²) in [4.78, 5) is 15.1. The Kier molecular flexibility index (Phi) is 5.26. The standard InChI is InChI=1S/C22H20F3N5O/c1-14-8-18(9-28-21(14)31-3)29(2)12-17-13-30-19(10-27-20(30)11-26-17)15-4-6-16(7-5-15)22(23,24)25/h4-11,13H,12H2,1-3H3. The number of fused-ring (bicyclic) bond motifs is 1. The Morgan fingerprint density at radius 3 is 2.42 bits per heavy atom. The average Bonchev–Trinajstić information content (AvgIpc) is 3.16. The van der Waals surface area contributed by atoms with Gasteiger partial charge < -0.3 is 9.64 Å². The van der Waals surface area contributed by atoms with Gasteiger partial charge in [0, 0.05) is 24.4 Å². The second-order valence-electron chi connectivity index (χ2n) is 7.20. The first-order valence-electron chi connectivity index (χ1n) is 9.47. The van der Waals surface area contributed by atoms with E-state index in [1.54, 1.807) is 25.7 Å². The lowest BCUT2D eigenvalue weighted by atomic mass is 10.1. The van der Waals surface area contributed by atoms with Crippen molar-refractivity contribution in [2.45, 2.75) is 19.6 Å². The highest BCUT2D eigenvalue weighted by molar-refractivity contribution is 5.63. The molecule has 0 saturated carbocycles. The molecule has 0 aliphatic carbocycles. The van der Waals surface area contributed by atoms with Gasteiger partial charge in [-0.15, -0.1) is 0 Å². The predicted octanol–water partition coefficient (Wildman–Crippen LogP) is 4.76. The van der Waals surface area contributed by atoms with E-state index < -0.39 is 11.7 Å². The summed E-state index contributed by atoms with van der Waals surface area (Å²) in [6.07, 6.45) is 2.48. The molecule has 0 radical (unpaired) electrons. The number of pyridine rings is 1. The van der Waals surface area contributed by atoms with E-state index in [1.807, 2.05) is 35.5 Å². The molecule has 0 bridgehead atoms. The molecule has 0 aliphatic heterocycles. The van der Waals surface area contributed by atoms with Crippen LogP contribution in [-0.2, 0) is 12.7 Å².